The number of hydrogen-bond donors (Lipinski definition) is 3. The van der Waals surface area contributed by atoms with E-state index in [0.29, 0.717) is 32.0 Å². The Balaban J connectivity index is 0.00000484. The average Bonchev–Trinajstić information content (AvgIpc) is 2.50. The second kappa shape index (κ2) is 11.5. The summed E-state index contributed by atoms with van der Waals surface area (Å²) in [5, 5.41) is 8.99. The molecule has 23 heavy (non-hydrogen) atoms. The molecule has 1 rings (SSSR count). The van der Waals surface area contributed by atoms with E-state index in [2.05, 4.69) is 29.8 Å². The van der Waals surface area contributed by atoms with Gasteiger partial charge in [0.05, 0.1) is 0 Å². The van der Waals surface area contributed by atoms with Gasteiger partial charge in [0, 0.05) is 38.6 Å². The van der Waals surface area contributed by atoms with Crippen molar-refractivity contribution in [2.24, 2.45) is 11.8 Å². The lowest BCUT2D eigenvalue weighted by atomic mass is 9.94. The fourth-order valence-corrected chi connectivity index (χ4v) is 2.52. The van der Waals surface area contributed by atoms with Crippen LogP contribution in [0.25, 0.3) is 0 Å². The fourth-order valence-electron chi connectivity index (χ4n) is 2.52. The Morgan fingerprint density at radius 3 is 2.48 bits per heavy atom. The molecular weight excluding hydrogens is 316 g/mol. The number of carbonyl (C=O) groups is 2. The first-order valence-electron chi connectivity index (χ1n) is 8.39. The van der Waals surface area contributed by atoms with Crippen molar-refractivity contribution in [2.45, 2.75) is 46.1 Å². The highest BCUT2D eigenvalue weighted by atomic mass is 35.5. The highest BCUT2D eigenvalue weighted by molar-refractivity contribution is 5.85. The predicted octanol–water partition coefficient (Wildman–Crippen LogP) is 1.60. The van der Waals surface area contributed by atoms with Crippen LogP contribution in [0.4, 0.5) is 4.79 Å². The molecule has 0 saturated carbocycles. The van der Waals surface area contributed by atoms with Crippen molar-refractivity contribution in [1.82, 2.24) is 20.9 Å². The number of urea groups is 1. The number of rotatable bonds is 7. The molecule has 0 aromatic carbocycles. The van der Waals surface area contributed by atoms with E-state index in [9.17, 15) is 9.59 Å². The number of carbonyl (C=O) groups excluding carboxylic acids is 2. The lowest BCUT2D eigenvalue weighted by molar-refractivity contribution is -0.122. The Labute approximate surface area is 146 Å². The third-order valence-electron chi connectivity index (χ3n) is 4.04. The van der Waals surface area contributed by atoms with Crippen LogP contribution in [0.5, 0.6) is 0 Å². The summed E-state index contributed by atoms with van der Waals surface area (Å²) in [6.45, 7) is 8.99. The quantitative estimate of drug-likeness (QED) is 0.654. The third kappa shape index (κ3) is 9.01. The molecule has 0 radical (unpaired) electrons. The van der Waals surface area contributed by atoms with Gasteiger partial charge < -0.3 is 20.9 Å². The van der Waals surface area contributed by atoms with Gasteiger partial charge in [-0.25, -0.2) is 4.79 Å². The van der Waals surface area contributed by atoms with Crippen LogP contribution in [0.1, 0.15) is 40.0 Å². The van der Waals surface area contributed by atoms with Crippen molar-refractivity contribution in [3.8, 4) is 0 Å². The zero-order chi connectivity index (χ0) is 16.5. The molecule has 0 aliphatic carbocycles. The summed E-state index contributed by atoms with van der Waals surface area (Å²) < 4.78 is 0. The monoisotopic (exact) mass is 348 g/mol. The van der Waals surface area contributed by atoms with Crippen LogP contribution in [0.15, 0.2) is 0 Å². The molecule has 0 spiro atoms. The van der Waals surface area contributed by atoms with Crippen LogP contribution in [-0.4, -0.2) is 56.1 Å². The minimum absolute atomic E-state index is 0. The molecule has 1 heterocycles. The van der Waals surface area contributed by atoms with E-state index in [0.717, 1.165) is 19.4 Å². The standard InChI is InChI=1S/C16H32N4O2.ClH/c1-12(2)9-19-16(22)20-7-5-6-14(11-20)8-15(21)18-10-13(3)17-4;/h12-14,17H,5-11H2,1-4H3,(H,18,21)(H,19,22);1H. The molecule has 2 atom stereocenters. The molecule has 2 unspecified atom stereocenters. The molecule has 6 nitrogen and oxygen atoms in total. The molecule has 136 valence electrons. The summed E-state index contributed by atoms with van der Waals surface area (Å²) in [7, 11) is 1.88. The van der Waals surface area contributed by atoms with Crippen LogP contribution in [0, 0.1) is 11.8 Å². The fraction of sp³-hybridized carbons (Fsp3) is 0.875. The van der Waals surface area contributed by atoms with E-state index < -0.39 is 0 Å². The highest BCUT2D eigenvalue weighted by Crippen LogP contribution is 2.19. The molecule has 3 amide bonds. The second-order valence-electron chi connectivity index (χ2n) is 6.73. The van der Waals surface area contributed by atoms with E-state index in [1.807, 2.05) is 18.9 Å². The summed E-state index contributed by atoms with van der Waals surface area (Å²) in [6.07, 6.45) is 2.49. The molecule has 0 bridgehead atoms. The molecule has 3 N–H and O–H groups in total. The Hall–Kier alpha value is -1.01. The largest absolute Gasteiger partial charge is 0.355 e. The van der Waals surface area contributed by atoms with Gasteiger partial charge in [-0.05, 0) is 38.6 Å². The first-order chi connectivity index (χ1) is 10.4. The molecule has 0 aromatic rings. The molecule has 7 heteroatoms. The van der Waals surface area contributed by atoms with Crippen LogP contribution < -0.4 is 16.0 Å². The predicted molar refractivity (Wildman–Crippen MR) is 95.9 cm³/mol. The summed E-state index contributed by atoms with van der Waals surface area (Å²) in [5.74, 6) is 0.796. The molecular formula is C16H33ClN4O2. The van der Waals surface area contributed by atoms with E-state index >= 15 is 0 Å². The van der Waals surface area contributed by atoms with Crippen molar-refractivity contribution in [3.63, 3.8) is 0 Å². The van der Waals surface area contributed by atoms with Gasteiger partial charge in [-0.1, -0.05) is 13.8 Å². The van der Waals surface area contributed by atoms with Crippen molar-refractivity contribution in [2.75, 3.05) is 33.2 Å². The maximum absolute atomic E-state index is 12.1. The summed E-state index contributed by atoms with van der Waals surface area (Å²) >= 11 is 0. The smallest absolute Gasteiger partial charge is 0.317 e. The zero-order valence-corrected chi connectivity index (χ0v) is 15.7. The first kappa shape index (κ1) is 22.0. The number of likely N-dealkylation sites (tertiary alicyclic amines) is 1. The van der Waals surface area contributed by atoms with Gasteiger partial charge in [-0.15, -0.1) is 12.4 Å². The Morgan fingerprint density at radius 2 is 1.87 bits per heavy atom. The first-order valence-corrected chi connectivity index (χ1v) is 8.39. The van der Waals surface area contributed by atoms with E-state index in [1.54, 1.807) is 0 Å². The maximum atomic E-state index is 12.1. The number of nitrogens with one attached hydrogen (secondary N) is 3. The minimum atomic E-state index is 0. The zero-order valence-electron chi connectivity index (χ0n) is 14.9. The Kier molecular flexibility index (Phi) is 11.0. The van der Waals surface area contributed by atoms with Gasteiger partial charge in [-0.3, -0.25) is 4.79 Å². The molecule has 1 saturated heterocycles. The van der Waals surface area contributed by atoms with Crippen LogP contribution in [0.3, 0.4) is 0 Å². The van der Waals surface area contributed by atoms with Gasteiger partial charge in [0.15, 0.2) is 0 Å². The summed E-state index contributed by atoms with van der Waals surface area (Å²) in [5.41, 5.74) is 0. The second-order valence-corrected chi connectivity index (χ2v) is 6.73. The van der Waals surface area contributed by atoms with Crippen molar-refractivity contribution >= 4 is 24.3 Å². The number of likely N-dealkylation sites (N-methyl/N-ethyl adjacent to an activating group) is 1. The van der Waals surface area contributed by atoms with Crippen molar-refractivity contribution in [1.29, 1.82) is 0 Å². The lowest BCUT2D eigenvalue weighted by Gasteiger charge is -2.32. The Bertz CT molecular complexity index is 366. The van der Waals surface area contributed by atoms with Crippen LogP contribution >= 0.6 is 12.4 Å². The van der Waals surface area contributed by atoms with Crippen LogP contribution in [0.2, 0.25) is 0 Å². The molecule has 1 fully saturated rings. The minimum Gasteiger partial charge on any atom is -0.355 e. The summed E-state index contributed by atoms with van der Waals surface area (Å²) in [4.78, 5) is 25.9. The average molecular weight is 349 g/mol. The normalized spacial score (nSPS) is 19.0. The number of halogens is 1. The van der Waals surface area contributed by atoms with Crippen molar-refractivity contribution < 1.29 is 9.59 Å². The topological polar surface area (TPSA) is 73.5 Å². The molecule has 1 aliphatic rings. The van der Waals surface area contributed by atoms with Gasteiger partial charge in [0.25, 0.3) is 0 Å². The molecule has 0 aromatic heterocycles. The van der Waals surface area contributed by atoms with E-state index in [-0.39, 0.29) is 36.3 Å². The van der Waals surface area contributed by atoms with Gasteiger partial charge in [0.2, 0.25) is 5.91 Å². The Morgan fingerprint density at radius 1 is 1.17 bits per heavy atom. The number of hydrogen-bond acceptors (Lipinski definition) is 3. The third-order valence-corrected chi connectivity index (χ3v) is 4.04. The van der Waals surface area contributed by atoms with E-state index in [1.165, 1.54) is 0 Å². The van der Waals surface area contributed by atoms with Gasteiger partial charge >= 0.3 is 6.03 Å². The number of nitrogens with zero attached hydrogens (tertiary/aromatic N) is 1. The highest BCUT2D eigenvalue weighted by Gasteiger charge is 2.25. The number of piperidine rings is 1. The SMILES string of the molecule is CNC(C)CNC(=O)CC1CCCN(C(=O)NCC(C)C)C1.Cl. The lowest BCUT2D eigenvalue weighted by Crippen LogP contribution is -2.47. The summed E-state index contributed by atoms with van der Waals surface area (Å²) in [6, 6.07) is 0.274. The molecule has 1 aliphatic heterocycles. The number of amides is 3. The van der Waals surface area contributed by atoms with Gasteiger partial charge in [0.1, 0.15) is 0 Å². The van der Waals surface area contributed by atoms with Crippen molar-refractivity contribution in [3.05, 3.63) is 0 Å². The van der Waals surface area contributed by atoms with E-state index in [4.69, 9.17) is 0 Å². The van der Waals surface area contributed by atoms with Gasteiger partial charge in [-0.2, -0.15) is 0 Å². The van der Waals surface area contributed by atoms with Crippen LogP contribution in [-0.2, 0) is 4.79 Å². The maximum Gasteiger partial charge on any atom is 0.317 e.